The molecular formula is C15H21N3O3. The summed E-state index contributed by atoms with van der Waals surface area (Å²) in [6, 6.07) is 0.0240. The molecule has 0 radical (unpaired) electrons. The third-order valence-corrected chi connectivity index (χ3v) is 4.18. The van der Waals surface area contributed by atoms with Gasteiger partial charge in [-0.2, -0.15) is 0 Å². The summed E-state index contributed by atoms with van der Waals surface area (Å²) < 4.78 is 0. The molecule has 1 amide bonds. The highest BCUT2D eigenvalue weighted by Crippen LogP contribution is 2.24. The Morgan fingerprint density at radius 3 is 2.33 bits per heavy atom. The van der Waals surface area contributed by atoms with Crippen molar-refractivity contribution in [3.05, 3.63) is 22.8 Å². The Balaban J connectivity index is 2.30. The van der Waals surface area contributed by atoms with Crippen LogP contribution in [0.3, 0.4) is 0 Å². The van der Waals surface area contributed by atoms with Crippen molar-refractivity contribution in [2.24, 2.45) is 5.92 Å². The standard InChI is InChI=1S/C15H21N3O3/c1-8-5-6-12(15(20)21)7-18(8)14(19)13-11(4)16-9(2)10(3)17-13/h8,12H,5-7H2,1-4H3,(H,20,21). The predicted octanol–water partition coefficient (Wildman–Crippen LogP) is 1.73. The number of rotatable bonds is 2. The van der Waals surface area contributed by atoms with Crippen LogP contribution in [-0.4, -0.2) is 44.4 Å². The fraction of sp³-hybridized carbons (Fsp3) is 0.600. The van der Waals surface area contributed by atoms with Crippen LogP contribution >= 0.6 is 0 Å². The molecule has 1 aromatic heterocycles. The van der Waals surface area contributed by atoms with Gasteiger partial charge in [0.05, 0.1) is 23.0 Å². The molecule has 1 fully saturated rings. The molecule has 114 valence electrons. The van der Waals surface area contributed by atoms with Crippen molar-refractivity contribution in [2.45, 2.75) is 46.6 Å². The second kappa shape index (κ2) is 5.79. The molecule has 1 aliphatic rings. The Bertz CT molecular complexity index is 586. The summed E-state index contributed by atoms with van der Waals surface area (Å²) in [7, 11) is 0. The molecule has 0 saturated carbocycles. The highest BCUT2D eigenvalue weighted by molar-refractivity contribution is 5.94. The molecule has 2 unspecified atom stereocenters. The van der Waals surface area contributed by atoms with Gasteiger partial charge in [-0.25, -0.2) is 4.98 Å². The number of carbonyl (C=O) groups excluding carboxylic acids is 1. The van der Waals surface area contributed by atoms with E-state index in [1.807, 2.05) is 20.8 Å². The van der Waals surface area contributed by atoms with Crippen LogP contribution in [0.4, 0.5) is 0 Å². The largest absolute Gasteiger partial charge is 0.481 e. The summed E-state index contributed by atoms with van der Waals surface area (Å²) in [6.07, 6.45) is 1.30. The van der Waals surface area contributed by atoms with E-state index in [0.29, 0.717) is 24.2 Å². The topological polar surface area (TPSA) is 83.4 Å². The molecule has 6 nitrogen and oxygen atoms in total. The Morgan fingerprint density at radius 1 is 1.10 bits per heavy atom. The van der Waals surface area contributed by atoms with Gasteiger partial charge in [0.15, 0.2) is 0 Å². The molecule has 1 saturated heterocycles. The second-order valence-corrected chi connectivity index (χ2v) is 5.75. The van der Waals surface area contributed by atoms with E-state index >= 15 is 0 Å². The van der Waals surface area contributed by atoms with Crippen molar-refractivity contribution in [1.82, 2.24) is 14.9 Å². The predicted molar refractivity (Wildman–Crippen MR) is 77.1 cm³/mol. The number of likely N-dealkylation sites (tertiary alicyclic amines) is 1. The number of nitrogens with zero attached hydrogens (tertiary/aromatic N) is 3. The van der Waals surface area contributed by atoms with Gasteiger partial charge in [0, 0.05) is 12.6 Å². The van der Waals surface area contributed by atoms with Crippen molar-refractivity contribution in [2.75, 3.05) is 6.54 Å². The minimum atomic E-state index is -0.845. The van der Waals surface area contributed by atoms with E-state index in [9.17, 15) is 9.59 Å². The maximum absolute atomic E-state index is 12.7. The molecule has 1 aromatic rings. The monoisotopic (exact) mass is 291 g/mol. The highest BCUT2D eigenvalue weighted by Gasteiger charge is 2.34. The summed E-state index contributed by atoms with van der Waals surface area (Å²) in [5.74, 6) is -1.56. The minimum Gasteiger partial charge on any atom is -0.481 e. The van der Waals surface area contributed by atoms with Gasteiger partial charge in [-0.05, 0) is 40.5 Å². The van der Waals surface area contributed by atoms with Crippen LogP contribution in [0.25, 0.3) is 0 Å². The zero-order valence-electron chi connectivity index (χ0n) is 12.9. The first-order chi connectivity index (χ1) is 9.81. The minimum absolute atomic E-state index is 0.0240. The van der Waals surface area contributed by atoms with Crippen LogP contribution in [0.5, 0.6) is 0 Å². The van der Waals surface area contributed by atoms with Gasteiger partial charge in [0.1, 0.15) is 5.69 Å². The van der Waals surface area contributed by atoms with Gasteiger partial charge in [-0.3, -0.25) is 14.6 Å². The van der Waals surface area contributed by atoms with Crippen molar-refractivity contribution in [1.29, 1.82) is 0 Å². The molecule has 0 spiro atoms. The SMILES string of the molecule is Cc1nc(C)c(C(=O)N2CC(C(=O)O)CCC2C)nc1C. The number of carbonyl (C=O) groups is 2. The maximum Gasteiger partial charge on any atom is 0.308 e. The second-order valence-electron chi connectivity index (χ2n) is 5.75. The first-order valence-electron chi connectivity index (χ1n) is 7.17. The summed E-state index contributed by atoms with van der Waals surface area (Å²) in [5.41, 5.74) is 2.45. The zero-order valence-corrected chi connectivity index (χ0v) is 12.9. The van der Waals surface area contributed by atoms with E-state index in [4.69, 9.17) is 5.11 Å². The van der Waals surface area contributed by atoms with E-state index in [1.54, 1.807) is 11.8 Å². The first-order valence-corrected chi connectivity index (χ1v) is 7.17. The average molecular weight is 291 g/mol. The molecule has 1 aliphatic heterocycles. The lowest BCUT2D eigenvalue weighted by Gasteiger charge is -2.36. The van der Waals surface area contributed by atoms with Gasteiger partial charge < -0.3 is 10.0 Å². The quantitative estimate of drug-likeness (QED) is 0.897. The molecule has 2 atom stereocenters. The molecule has 0 bridgehead atoms. The van der Waals surface area contributed by atoms with Gasteiger partial charge in [-0.1, -0.05) is 0 Å². The number of aliphatic carboxylic acids is 1. The third-order valence-electron chi connectivity index (χ3n) is 4.18. The number of aromatic nitrogens is 2. The number of amides is 1. The summed E-state index contributed by atoms with van der Waals surface area (Å²) in [4.78, 5) is 34.2. The van der Waals surface area contributed by atoms with Crippen molar-refractivity contribution in [3.63, 3.8) is 0 Å². The van der Waals surface area contributed by atoms with Crippen LogP contribution < -0.4 is 0 Å². The Kier molecular flexibility index (Phi) is 4.25. The molecule has 1 N–H and O–H groups in total. The number of hydrogen-bond acceptors (Lipinski definition) is 4. The Hall–Kier alpha value is -1.98. The van der Waals surface area contributed by atoms with Crippen LogP contribution in [0, 0.1) is 26.7 Å². The van der Waals surface area contributed by atoms with E-state index in [0.717, 1.165) is 11.4 Å². The normalized spacial score (nSPS) is 22.2. The van der Waals surface area contributed by atoms with Gasteiger partial charge in [-0.15, -0.1) is 0 Å². The maximum atomic E-state index is 12.7. The third kappa shape index (κ3) is 3.04. The van der Waals surface area contributed by atoms with E-state index in [-0.39, 0.29) is 18.5 Å². The molecule has 21 heavy (non-hydrogen) atoms. The molecule has 2 rings (SSSR count). The van der Waals surface area contributed by atoms with Crippen LogP contribution in [-0.2, 0) is 4.79 Å². The number of aryl methyl sites for hydroxylation is 3. The number of hydrogen-bond donors (Lipinski definition) is 1. The van der Waals surface area contributed by atoms with E-state index < -0.39 is 11.9 Å². The fourth-order valence-corrected chi connectivity index (χ4v) is 2.65. The van der Waals surface area contributed by atoms with Crippen LogP contribution in [0.1, 0.15) is 47.3 Å². The van der Waals surface area contributed by atoms with Crippen LogP contribution in [0.15, 0.2) is 0 Å². The van der Waals surface area contributed by atoms with E-state index in [1.165, 1.54) is 0 Å². The lowest BCUT2D eigenvalue weighted by molar-refractivity contribution is -0.143. The first kappa shape index (κ1) is 15.4. The number of carboxylic acid groups (broad SMARTS) is 1. The molecule has 2 heterocycles. The average Bonchev–Trinajstić information content (AvgIpc) is 2.42. The molecule has 6 heteroatoms. The Labute approximate surface area is 124 Å². The van der Waals surface area contributed by atoms with Crippen molar-refractivity contribution in [3.8, 4) is 0 Å². The Morgan fingerprint density at radius 2 is 1.71 bits per heavy atom. The van der Waals surface area contributed by atoms with Gasteiger partial charge in [0.2, 0.25) is 0 Å². The molecule has 0 aromatic carbocycles. The van der Waals surface area contributed by atoms with Crippen molar-refractivity contribution >= 4 is 11.9 Å². The fourth-order valence-electron chi connectivity index (χ4n) is 2.65. The lowest BCUT2D eigenvalue weighted by Crippen LogP contribution is -2.47. The zero-order chi connectivity index (χ0) is 15.7. The molecule has 0 aliphatic carbocycles. The van der Waals surface area contributed by atoms with Gasteiger partial charge >= 0.3 is 5.97 Å². The van der Waals surface area contributed by atoms with E-state index in [2.05, 4.69) is 9.97 Å². The summed E-state index contributed by atoms with van der Waals surface area (Å²) in [6.45, 7) is 7.62. The van der Waals surface area contributed by atoms with Crippen LogP contribution in [0.2, 0.25) is 0 Å². The number of piperidine rings is 1. The highest BCUT2D eigenvalue weighted by atomic mass is 16.4. The molecular weight excluding hydrogens is 270 g/mol. The number of carboxylic acids is 1. The summed E-state index contributed by atoms with van der Waals surface area (Å²) >= 11 is 0. The summed E-state index contributed by atoms with van der Waals surface area (Å²) in [5, 5.41) is 9.16. The van der Waals surface area contributed by atoms with Gasteiger partial charge in [0.25, 0.3) is 5.91 Å². The van der Waals surface area contributed by atoms with Crippen molar-refractivity contribution < 1.29 is 14.7 Å². The lowest BCUT2D eigenvalue weighted by atomic mass is 9.93. The smallest absolute Gasteiger partial charge is 0.308 e.